The fourth-order valence-corrected chi connectivity index (χ4v) is 2.73. The van der Waals surface area contributed by atoms with Crippen molar-refractivity contribution < 1.29 is 14.3 Å². The van der Waals surface area contributed by atoms with E-state index in [9.17, 15) is 14.9 Å². The van der Waals surface area contributed by atoms with Crippen molar-refractivity contribution in [1.82, 2.24) is 0 Å². The molecule has 0 saturated carbocycles. The van der Waals surface area contributed by atoms with Gasteiger partial charge in [0.1, 0.15) is 5.92 Å². The molecule has 0 bridgehead atoms. The molecule has 1 aromatic carbocycles. The number of carbonyl (C=O) groups is 2. The molecule has 1 aromatic rings. The molecule has 4 heteroatoms. The molecular formula is C18H23NO3. The number of hydrogen-bond acceptors (Lipinski definition) is 4. The van der Waals surface area contributed by atoms with Crippen LogP contribution in [0.1, 0.15) is 44.5 Å². The Morgan fingerprint density at radius 3 is 2.32 bits per heavy atom. The first-order valence-electron chi connectivity index (χ1n) is 7.52. The second kappa shape index (κ2) is 7.74. The van der Waals surface area contributed by atoms with E-state index in [1.54, 1.807) is 44.2 Å². The predicted molar refractivity (Wildman–Crippen MR) is 84.1 cm³/mol. The summed E-state index contributed by atoms with van der Waals surface area (Å²) in [5.41, 5.74) is -0.668. The Bertz CT molecular complexity index is 559. The molecule has 4 nitrogen and oxygen atoms in total. The van der Waals surface area contributed by atoms with Gasteiger partial charge in [-0.1, -0.05) is 44.2 Å². The van der Waals surface area contributed by atoms with E-state index >= 15 is 0 Å². The maximum atomic E-state index is 12.8. The first-order valence-corrected chi connectivity index (χ1v) is 7.52. The van der Waals surface area contributed by atoms with Crippen molar-refractivity contribution in [3.05, 3.63) is 35.9 Å². The van der Waals surface area contributed by atoms with Crippen LogP contribution in [0.5, 0.6) is 0 Å². The number of carbonyl (C=O) groups excluding carboxylic acids is 2. The third kappa shape index (κ3) is 4.17. The maximum Gasteiger partial charge on any atom is 0.318 e. The molecule has 0 aromatic heterocycles. The minimum absolute atomic E-state index is 0.181. The molecule has 2 atom stereocenters. The zero-order valence-corrected chi connectivity index (χ0v) is 13.6. The monoisotopic (exact) mass is 301 g/mol. The molecule has 0 heterocycles. The topological polar surface area (TPSA) is 67.2 Å². The maximum absolute atomic E-state index is 12.8. The van der Waals surface area contributed by atoms with Crippen LogP contribution in [0.2, 0.25) is 0 Å². The molecule has 1 rings (SSSR count). The number of benzene rings is 1. The van der Waals surface area contributed by atoms with E-state index in [2.05, 4.69) is 6.07 Å². The summed E-state index contributed by atoms with van der Waals surface area (Å²) in [4.78, 5) is 25.1. The number of hydrogen-bond donors (Lipinski definition) is 0. The summed E-state index contributed by atoms with van der Waals surface area (Å²) < 4.78 is 5.07. The van der Waals surface area contributed by atoms with Crippen LogP contribution in [-0.2, 0) is 9.53 Å². The summed E-state index contributed by atoms with van der Waals surface area (Å²) in [5.74, 6) is -1.91. The van der Waals surface area contributed by atoms with Crippen LogP contribution < -0.4 is 0 Å². The second-order valence-electron chi connectivity index (χ2n) is 6.04. The van der Waals surface area contributed by atoms with Gasteiger partial charge in [-0.25, -0.2) is 0 Å². The van der Waals surface area contributed by atoms with Crippen molar-refractivity contribution in [2.24, 2.45) is 17.3 Å². The van der Waals surface area contributed by atoms with Crippen molar-refractivity contribution >= 4 is 11.8 Å². The summed E-state index contributed by atoms with van der Waals surface area (Å²) >= 11 is 0. The van der Waals surface area contributed by atoms with Gasteiger partial charge < -0.3 is 4.74 Å². The van der Waals surface area contributed by atoms with Crippen LogP contribution in [0.25, 0.3) is 0 Å². The van der Waals surface area contributed by atoms with Gasteiger partial charge in [0.15, 0.2) is 5.78 Å². The molecule has 0 fully saturated rings. The van der Waals surface area contributed by atoms with Crippen molar-refractivity contribution in [1.29, 1.82) is 5.26 Å². The fourth-order valence-electron chi connectivity index (χ4n) is 2.73. The number of Topliss-reactive ketones (excluding diaryl/α,β-unsaturated/α-hetero) is 1. The lowest BCUT2D eigenvalue weighted by atomic mass is 9.70. The largest absolute Gasteiger partial charge is 0.465 e. The van der Waals surface area contributed by atoms with Crippen LogP contribution in [-0.4, -0.2) is 18.4 Å². The number of nitriles is 1. The van der Waals surface area contributed by atoms with Gasteiger partial charge in [-0.2, -0.15) is 5.26 Å². The van der Waals surface area contributed by atoms with E-state index in [1.165, 1.54) is 0 Å². The SMILES string of the molecule is CCOC(=O)C(C(=O)c1ccccc1)C(C)(C#N)CC(C)C. The van der Waals surface area contributed by atoms with Gasteiger partial charge in [0.2, 0.25) is 0 Å². The Morgan fingerprint density at radius 1 is 1.27 bits per heavy atom. The third-order valence-corrected chi connectivity index (χ3v) is 3.57. The molecule has 22 heavy (non-hydrogen) atoms. The molecule has 0 aliphatic carbocycles. The summed E-state index contributed by atoms with van der Waals surface area (Å²) in [6, 6.07) is 10.8. The molecular weight excluding hydrogens is 278 g/mol. The van der Waals surface area contributed by atoms with Crippen molar-refractivity contribution in [3.63, 3.8) is 0 Å². The summed E-state index contributed by atoms with van der Waals surface area (Å²) in [5, 5.41) is 9.61. The second-order valence-corrected chi connectivity index (χ2v) is 6.04. The van der Waals surface area contributed by atoms with Gasteiger partial charge in [0, 0.05) is 5.56 Å². The molecule has 0 radical (unpaired) electrons. The number of esters is 1. The van der Waals surface area contributed by atoms with E-state index in [1.807, 2.05) is 13.8 Å². The number of ketones is 1. The van der Waals surface area contributed by atoms with Crippen molar-refractivity contribution in [2.75, 3.05) is 6.61 Å². The molecule has 118 valence electrons. The zero-order chi connectivity index (χ0) is 16.8. The number of rotatable bonds is 7. The van der Waals surface area contributed by atoms with Crippen molar-refractivity contribution in [2.45, 2.75) is 34.1 Å². The quantitative estimate of drug-likeness (QED) is 0.438. The Labute approximate surface area is 132 Å². The van der Waals surface area contributed by atoms with Crippen LogP contribution in [0, 0.1) is 28.6 Å². The molecule has 0 N–H and O–H groups in total. The summed E-state index contributed by atoms with van der Waals surface area (Å²) in [7, 11) is 0. The van der Waals surface area contributed by atoms with Crippen LogP contribution >= 0.6 is 0 Å². The minimum atomic E-state index is -1.11. The average molecular weight is 301 g/mol. The highest BCUT2D eigenvalue weighted by molar-refractivity contribution is 6.09. The molecule has 0 saturated heterocycles. The highest BCUT2D eigenvalue weighted by Gasteiger charge is 2.46. The van der Waals surface area contributed by atoms with Crippen LogP contribution in [0.15, 0.2) is 30.3 Å². The van der Waals surface area contributed by atoms with E-state index in [0.717, 1.165) is 0 Å². The predicted octanol–water partition coefficient (Wildman–Crippen LogP) is 3.62. The number of ether oxygens (including phenoxy) is 1. The van der Waals surface area contributed by atoms with Gasteiger partial charge in [0.05, 0.1) is 18.1 Å². The zero-order valence-electron chi connectivity index (χ0n) is 13.6. The normalized spacial score (nSPS) is 14.7. The van der Waals surface area contributed by atoms with Gasteiger partial charge in [-0.05, 0) is 26.2 Å². The highest BCUT2D eigenvalue weighted by atomic mass is 16.5. The van der Waals surface area contributed by atoms with E-state index in [4.69, 9.17) is 4.74 Å². The summed E-state index contributed by atoms with van der Waals surface area (Å²) in [6.07, 6.45) is 0.450. The minimum Gasteiger partial charge on any atom is -0.465 e. The first kappa shape index (κ1) is 17.9. The lowest BCUT2D eigenvalue weighted by molar-refractivity contribution is -0.149. The summed E-state index contributed by atoms with van der Waals surface area (Å²) in [6.45, 7) is 7.46. The van der Waals surface area contributed by atoms with Crippen LogP contribution in [0.3, 0.4) is 0 Å². The molecule has 0 amide bonds. The van der Waals surface area contributed by atoms with Crippen molar-refractivity contribution in [3.8, 4) is 6.07 Å². The Kier molecular flexibility index (Phi) is 6.30. The Balaban J connectivity index is 3.26. The molecule has 0 spiro atoms. The van der Waals surface area contributed by atoms with Gasteiger partial charge in [-0.3, -0.25) is 9.59 Å². The van der Waals surface area contributed by atoms with Gasteiger partial charge in [0.25, 0.3) is 0 Å². The van der Waals surface area contributed by atoms with Gasteiger partial charge >= 0.3 is 5.97 Å². The standard InChI is InChI=1S/C18H23NO3/c1-5-22-17(21)15(18(4,12-19)11-13(2)3)16(20)14-9-7-6-8-10-14/h6-10,13,15H,5,11H2,1-4H3. The Hall–Kier alpha value is -2.15. The molecule has 0 aliphatic rings. The van der Waals surface area contributed by atoms with E-state index in [-0.39, 0.29) is 18.3 Å². The lowest BCUT2D eigenvalue weighted by Gasteiger charge is -2.30. The van der Waals surface area contributed by atoms with E-state index < -0.39 is 17.3 Å². The lowest BCUT2D eigenvalue weighted by Crippen LogP contribution is -2.40. The highest BCUT2D eigenvalue weighted by Crippen LogP contribution is 2.37. The molecule has 2 unspecified atom stereocenters. The van der Waals surface area contributed by atoms with Gasteiger partial charge in [-0.15, -0.1) is 0 Å². The first-order chi connectivity index (χ1) is 10.4. The average Bonchev–Trinajstić information content (AvgIpc) is 2.47. The Morgan fingerprint density at radius 2 is 1.86 bits per heavy atom. The third-order valence-electron chi connectivity index (χ3n) is 3.57. The van der Waals surface area contributed by atoms with Crippen LogP contribution in [0.4, 0.5) is 0 Å². The molecule has 0 aliphatic heterocycles. The fraction of sp³-hybridized carbons (Fsp3) is 0.500. The smallest absolute Gasteiger partial charge is 0.318 e. The van der Waals surface area contributed by atoms with E-state index in [0.29, 0.717) is 12.0 Å². The number of nitrogens with zero attached hydrogens (tertiary/aromatic N) is 1.